The number of hydrogen-bond donors (Lipinski definition) is 1. The van der Waals surface area contributed by atoms with Crippen LogP contribution < -0.4 is 5.32 Å². The van der Waals surface area contributed by atoms with Crippen LogP contribution in [0.2, 0.25) is 5.02 Å². The number of benzene rings is 3. The third kappa shape index (κ3) is 5.08. The Bertz CT molecular complexity index is 1140. The highest BCUT2D eigenvalue weighted by molar-refractivity contribution is 6.30. The number of para-hydroxylation sites is 2. The maximum atomic E-state index is 12.3. The zero-order chi connectivity index (χ0) is 20.8. The lowest BCUT2D eigenvalue weighted by molar-refractivity contribution is -0.120. The highest BCUT2D eigenvalue weighted by Crippen LogP contribution is 2.17. The van der Waals surface area contributed by atoms with Crippen LogP contribution in [0.4, 0.5) is 0 Å². The third-order valence-electron chi connectivity index (χ3n) is 5.13. The fourth-order valence-corrected chi connectivity index (χ4v) is 3.88. The number of carbonyl (C=O) groups excluding carboxylic acids is 1. The lowest BCUT2D eigenvalue weighted by Gasteiger charge is -2.11. The van der Waals surface area contributed by atoms with Gasteiger partial charge in [-0.25, -0.2) is 4.98 Å². The average molecular weight is 418 g/mol. The van der Waals surface area contributed by atoms with E-state index in [2.05, 4.69) is 40.2 Å². The van der Waals surface area contributed by atoms with Crippen molar-refractivity contribution < 1.29 is 4.79 Å². The van der Waals surface area contributed by atoms with E-state index in [-0.39, 0.29) is 5.91 Å². The van der Waals surface area contributed by atoms with Gasteiger partial charge in [-0.05, 0) is 41.8 Å². The normalized spacial score (nSPS) is 11.0. The van der Waals surface area contributed by atoms with Crippen LogP contribution in [0.15, 0.2) is 78.9 Å². The van der Waals surface area contributed by atoms with Crippen LogP contribution in [-0.4, -0.2) is 22.0 Å². The highest BCUT2D eigenvalue weighted by atomic mass is 35.5. The van der Waals surface area contributed by atoms with Crippen molar-refractivity contribution in [1.82, 2.24) is 14.9 Å². The Kier molecular flexibility index (Phi) is 6.45. The first kappa shape index (κ1) is 20.2. The molecule has 1 N–H and O–H groups in total. The molecule has 3 aromatic carbocycles. The monoisotopic (exact) mass is 417 g/mol. The number of fused-ring (bicyclic) bond motifs is 1. The number of rotatable bonds is 8. The van der Waals surface area contributed by atoms with Crippen LogP contribution in [-0.2, 0) is 30.6 Å². The topological polar surface area (TPSA) is 46.9 Å². The number of amides is 1. The van der Waals surface area contributed by atoms with E-state index in [0.29, 0.717) is 24.5 Å². The minimum absolute atomic E-state index is 0.00692. The number of imidazole rings is 1. The standard InChI is InChI=1S/C25H24ClN3O/c26-21-10-6-9-20(17-21)18-25(30)27-15-16-29-23-12-5-4-11-22(23)28-24(29)14-13-19-7-2-1-3-8-19/h1-12,17H,13-16,18H2,(H,27,30). The zero-order valence-corrected chi connectivity index (χ0v) is 17.5. The molecule has 0 saturated carbocycles. The van der Waals surface area contributed by atoms with E-state index in [9.17, 15) is 4.79 Å². The van der Waals surface area contributed by atoms with E-state index in [1.54, 1.807) is 0 Å². The van der Waals surface area contributed by atoms with E-state index in [1.165, 1.54) is 5.56 Å². The Morgan fingerprint density at radius 2 is 1.67 bits per heavy atom. The van der Waals surface area contributed by atoms with Crippen molar-refractivity contribution in [2.45, 2.75) is 25.8 Å². The average Bonchev–Trinajstić information content (AvgIpc) is 3.11. The van der Waals surface area contributed by atoms with Crippen LogP contribution in [0.25, 0.3) is 11.0 Å². The predicted molar refractivity (Wildman–Crippen MR) is 122 cm³/mol. The van der Waals surface area contributed by atoms with Crippen LogP contribution in [0, 0.1) is 0 Å². The number of carbonyl (C=O) groups is 1. The molecule has 1 heterocycles. The lowest BCUT2D eigenvalue weighted by atomic mass is 10.1. The van der Waals surface area contributed by atoms with E-state index < -0.39 is 0 Å². The van der Waals surface area contributed by atoms with Gasteiger partial charge < -0.3 is 9.88 Å². The summed E-state index contributed by atoms with van der Waals surface area (Å²) in [7, 11) is 0. The Morgan fingerprint density at radius 1 is 0.900 bits per heavy atom. The minimum Gasteiger partial charge on any atom is -0.354 e. The molecule has 0 aliphatic heterocycles. The summed E-state index contributed by atoms with van der Waals surface area (Å²) in [5.41, 5.74) is 4.30. The molecule has 0 spiro atoms. The van der Waals surface area contributed by atoms with Crippen molar-refractivity contribution in [3.05, 3.63) is 101 Å². The number of hydrogen-bond acceptors (Lipinski definition) is 2. The number of nitrogens with one attached hydrogen (secondary N) is 1. The van der Waals surface area contributed by atoms with Crippen LogP contribution in [0.1, 0.15) is 17.0 Å². The van der Waals surface area contributed by atoms with Crippen molar-refractivity contribution in [3.63, 3.8) is 0 Å². The second-order valence-corrected chi connectivity index (χ2v) is 7.75. The summed E-state index contributed by atoms with van der Waals surface area (Å²) >= 11 is 6.01. The first-order valence-corrected chi connectivity index (χ1v) is 10.6. The summed E-state index contributed by atoms with van der Waals surface area (Å²) in [5.74, 6) is 1.04. The fraction of sp³-hybridized carbons (Fsp3) is 0.200. The van der Waals surface area contributed by atoms with Crippen molar-refractivity contribution in [2.24, 2.45) is 0 Å². The Hall–Kier alpha value is -3.11. The maximum Gasteiger partial charge on any atom is 0.224 e. The molecule has 0 bridgehead atoms. The van der Waals surface area contributed by atoms with Crippen molar-refractivity contribution in [2.75, 3.05) is 6.54 Å². The highest BCUT2D eigenvalue weighted by Gasteiger charge is 2.11. The van der Waals surface area contributed by atoms with Gasteiger partial charge in [-0.1, -0.05) is 66.2 Å². The molecule has 152 valence electrons. The van der Waals surface area contributed by atoms with Gasteiger partial charge in [0.1, 0.15) is 5.82 Å². The van der Waals surface area contributed by atoms with Gasteiger partial charge in [-0.2, -0.15) is 0 Å². The second kappa shape index (κ2) is 9.59. The first-order chi connectivity index (χ1) is 14.7. The largest absolute Gasteiger partial charge is 0.354 e. The molecule has 1 amide bonds. The van der Waals surface area contributed by atoms with Gasteiger partial charge in [-0.3, -0.25) is 4.79 Å². The lowest BCUT2D eigenvalue weighted by Crippen LogP contribution is -2.29. The zero-order valence-electron chi connectivity index (χ0n) is 16.7. The van der Waals surface area contributed by atoms with Crippen molar-refractivity contribution in [3.8, 4) is 0 Å². The van der Waals surface area contributed by atoms with Gasteiger partial charge >= 0.3 is 0 Å². The van der Waals surface area contributed by atoms with E-state index in [4.69, 9.17) is 16.6 Å². The molecule has 30 heavy (non-hydrogen) atoms. The molecule has 4 rings (SSSR count). The SMILES string of the molecule is O=C(Cc1cccc(Cl)c1)NCCn1c(CCc2ccccc2)nc2ccccc21. The van der Waals surface area contributed by atoms with Crippen molar-refractivity contribution in [1.29, 1.82) is 0 Å². The summed E-state index contributed by atoms with van der Waals surface area (Å²) in [5, 5.41) is 3.67. The first-order valence-electron chi connectivity index (χ1n) is 10.2. The molecule has 5 heteroatoms. The molecule has 4 aromatic rings. The summed E-state index contributed by atoms with van der Waals surface area (Å²) in [6.45, 7) is 1.24. The molecule has 0 unspecified atom stereocenters. The van der Waals surface area contributed by atoms with Gasteiger partial charge in [0, 0.05) is 24.5 Å². The Labute approximate surface area is 181 Å². The minimum atomic E-state index is -0.00692. The van der Waals surface area contributed by atoms with Crippen LogP contribution in [0.3, 0.4) is 0 Å². The quantitative estimate of drug-likeness (QED) is 0.446. The summed E-state index contributed by atoms with van der Waals surface area (Å²) in [6.07, 6.45) is 2.12. The summed E-state index contributed by atoms with van der Waals surface area (Å²) < 4.78 is 2.22. The Morgan fingerprint density at radius 3 is 2.50 bits per heavy atom. The predicted octanol–water partition coefficient (Wildman–Crippen LogP) is 4.83. The molecule has 0 atom stereocenters. The summed E-state index contributed by atoms with van der Waals surface area (Å²) in [6, 6.07) is 26.0. The molecule has 1 aromatic heterocycles. The number of halogens is 1. The smallest absolute Gasteiger partial charge is 0.224 e. The molecule has 0 radical (unpaired) electrons. The molecular formula is C25H24ClN3O. The van der Waals surface area contributed by atoms with Gasteiger partial charge in [0.25, 0.3) is 0 Å². The van der Waals surface area contributed by atoms with Crippen molar-refractivity contribution >= 4 is 28.5 Å². The van der Waals surface area contributed by atoms with Gasteiger partial charge in [-0.15, -0.1) is 0 Å². The third-order valence-corrected chi connectivity index (χ3v) is 5.36. The molecule has 0 aliphatic carbocycles. The number of nitrogens with zero attached hydrogens (tertiary/aromatic N) is 2. The molecule has 0 fully saturated rings. The Balaban J connectivity index is 1.41. The van der Waals surface area contributed by atoms with E-state index in [1.807, 2.05) is 48.5 Å². The van der Waals surface area contributed by atoms with Crippen LogP contribution >= 0.6 is 11.6 Å². The number of aromatic nitrogens is 2. The second-order valence-electron chi connectivity index (χ2n) is 7.31. The van der Waals surface area contributed by atoms with E-state index in [0.717, 1.165) is 35.3 Å². The van der Waals surface area contributed by atoms with Crippen LogP contribution in [0.5, 0.6) is 0 Å². The van der Waals surface area contributed by atoms with E-state index >= 15 is 0 Å². The fourth-order valence-electron chi connectivity index (χ4n) is 3.67. The molecule has 4 nitrogen and oxygen atoms in total. The summed E-state index contributed by atoms with van der Waals surface area (Å²) in [4.78, 5) is 17.2. The molecule has 0 saturated heterocycles. The number of aryl methyl sites for hydroxylation is 2. The van der Waals surface area contributed by atoms with Gasteiger partial charge in [0.15, 0.2) is 0 Å². The van der Waals surface area contributed by atoms with Gasteiger partial charge in [0.05, 0.1) is 17.5 Å². The van der Waals surface area contributed by atoms with Gasteiger partial charge in [0.2, 0.25) is 5.91 Å². The maximum absolute atomic E-state index is 12.3. The molecule has 0 aliphatic rings. The molecular weight excluding hydrogens is 394 g/mol.